The Morgan fingerprint density at radius 1 is 1.05 bits per heavy atom. The Labute approximate surface area is 363 Å². The fourth-order valence-corrected chi connectivity index (χ4v) is 11.6. The highest BCUT2D eigenvalue weighted by Crippen LogP contribution is 2.58. The number of fused-ring (bicyclic) bond motifs is 3. The Morgan fingerprint density at radius 2 is 1.82 bits per heavy atom. The van der Waals surface area contributed by atoms with Gasteiger partial charge in [0.1, 0.15) is 22.2 Å². The van der Waals surface area contributed by atoms with Crippen molar-refractivity contribution >= 4 is 56.0 Å². The molecule has 5 aliphatic rings. The van der Waals surface area contributed by atoms with E-state index in [1.54, 1.807) is 43.9 Å². The number of ether oxygens (including phenoxy) is 2. The maximum Gasteiger partial charge on any atom is 0.307 e. The van der Waals surface area contributed by atoms with Crippen LogP contribution in [0.2, 0.25) is 0 Å². The smallest absolute Gasteiger partial charge is 0.307 e. The number of esters is 1. The van der Waals surface area contributed by atoms with Crippen LogP contribution in [0.15, 0.2) is 35.7 Å². The Balaban J connectivity index is 1.11. The van der Waals surface area contributed by atoms with Gasteiger partial charge in [-0.15, -0.1) is 11.3 Å². The summed E-state index contributed by atoms with van der Waals surface area (Å²) in [6, 6.07) is 5.41. The van der Waals surface area contributed by atoms with Gasteiger partial charge in [0, 0.05) is 41.7 Å². The molecule has 4 fully saturated rings. The van der Waals surface area contributed by atoms with Crippen LogP contribution in [0.1, 0.15) is 149 Å². The number of nitrogens with zero attached hydrogens (tertiary/aromatic N) is 4. The standard InChI is InChI=1S/C46H61N5O8S2/c1-28(2)51-35-19-13-18-33(40-47-34(27-60-40)29-15-12-16-29)39(35)48-43(51)58-32-23-36-37(52)25-46(42(55)49-61(56,57)45(6)20-21-45)24-31(46)17-11-9-7-8-10-14-30(41(54)50(36)26-32)22-38(53)59-44(3,4)5/h11,13,17-19,27-32,36H,7-10,12,14-16,20-26H2,1-6H3,(H,49,55)/b17-11-/t30-,31+,32-,36+,46-/m1/s1. The Kier molecular flexibility index (Phi) is 11.8. The molecular formula is C46H61N5O8S2. The second-order valence-electron chi connectivity index (χ2n) is 19.8. The lowest BCUT2D eigenvalue weighted by atomic mass is 9.83. The van der Waals surface area contributed by atoms with Gasteiger partial charge < -0.3 is 14.4 Å². The molecule has 0 unspecified atom stereocenters. The van der Waals surface area contributed by atoms with Crippen molar-refractivity contribution in [2.45, 2.75) is 166 Å². The highest BCUT2D eigenvalue weighted by molar-refractivity contribution is 7.91. The van der Waals surface area contributed by atoms with Gasteiger partial charge in [0.05, 0.1) is 40.4 Å². The normalized spacial score (nSPS) is 27.7. The van der Waals surface area contributed by atoms with E-state index in [1.807, 2.05) is 34.9 Å². The largest absolute Gasteiger partial charge is 0.460 e. The van der Waals surface area contributed by atoms with Crippen molar-refractivity contribution in [1.82, 2.24) is 24.2 Å². The molecule has 1 N–H and O–H groups in total. The lowest BCUT2D eigenvalue weighted by Gasteiger charge is -2.29. The molecule has 4 heterocycles. The molecule has 5 atom stereocenters. The van der Waals surface area contributed by atoms with Crippen molar-refractivity contribution in [3.05, 3.63) is 41.4 Å². The average molecular weight is 876 g/mol. The van der Waals surface area contributed by atoms with Crippen molar-refractivity contribution in [3.63, 3.8) is 0 Å². The van der Waals surface area contributed by atoms with E-state index >= 15 is 0 Å². The van der Waals surface area contributed by atoms with Crippen LogP contribution < -0.4 is 9.46 Å². The predicted molar refractivity (Wildman–Crippen MR) is 233 cm³/mol. The quantitative estimate of drug-likeness (QED) is 0.155. The van der Waals surface area contributed by atoms with Gasteiger partial charge in [0.25, 0.3) is 6.01 Å². The number of hydrogen-bond acceptors (Lipinski definition) is 11. The van der Waals surface area contributed by atoms with E-state index < -0.39 is 55.7 Å². The summed E-state index contributed by atoms with van der Waals surface area (Å²) in [6.45, 7) is 11.2. The monoisotopic (exact) mass is 875 g/mol. The molecule has 1 aromatic carbocycles. The van der Waals surface area contributed by atoms with Gasteiger partial charge in [-0.25, -0.2) is 13.4 Å². The van der Waals surface area contributed by atoms with Crippen LogP contribution >= 0.6 is 11.3 Å². The van der Waals surface area contributed by atoms with Crippen LogP contribution in [0.4, 0.5) is 0 Å². The highest BCUT2D eigenvalue weighted by atomic mass is 32.2. The van der Waals surface area contributed by atoms with Crippen molar-refractivity contribution in [1.29, 1.82) is 0 Å². The molecule has 3 aliphatic carbocycles. The first-order valence-corrected chi connectivity index (χ1v) is 24.7. The molecule has 1 saturated heterocycles. The number of hydrogen-bond donors (Lipinski definition) is 1. The average Bonchev–Trinajstić information content (AvgIpc) is 3.84. The Morgan fingerprint density at radius 3 is 2.51 bits per heavy atom. The number of aromatic nitrogens is 3. The number of allylic oxidation sites excluding steroid dienone is 2. The summed E-state index contributed by atoms with van der Waals surface area (Å²) in [5.74, 6) is -2.35. The predicted octanol–water partition coefficient (Wildman–Crippen LogP) is 8.19. The van der Waals surface area contributed by atoms with Crippen molar-refractivity contribution in [2.75, 3.05) is 6.54 Å². The van der Waals surface area contributed by atoms with Crippen LogP contribution in [0.5, 0.6) is 6.01 Å². The summed E-state index contributed by atoms with van der Waals surface area (Å²) in [6.07, 6.45) is 11.5. The van der Waals surface area contributed by atoms with Gasteiger partial charge in [-0.05, 0) is 111 Å². The number of carbonyl (C=O) groups is 4. The van der Waals surface area contributed by atoms with Crippen LogP contribution in [-0.4, -0.2) is 80.5 Å². The van der Waals surface area contributed by atoms with Gasteiger partial charge in [-0.3, -0.25) is 28.5 Å². The number of amides is 2. The maximum atomic E-state index is 14.8. The van der Waals surface area contributed by atoms with Crippen molar-refractivity contribution < 1.29 is 37.1 Å². The van der Waals surface area contributed by atoms with E-state index in [1.165, 1.54) is 6.42 Å². The van der Waals surface area contributed by atoms with Gasteiger partial charge >= 0.3 is 5.97 Å². The molecule has 2 aromatic heterocycles. The van der Waals surface area contributed by atoms with E-state index in [2.05, 4.69) is 23.9 Å². The number of sulfonamides is 1. The molecule has 330 valence electrons. The van der Waals surface area contributed by atoms with Gasteiger partial charge in [0.2, 0.25) is 21.8 Å². The zero-order valence-corrected chi connectivity index (χ0v) is 38.0. The zero-order valence-electron chi connectivity index (χ0n) is 36.4. The number of benzene rings is 1. The summed E-state index contributed by atoms with van der Waals surface area (Å²) in [7, 11) is -3.95. The number of nitrogens with one attached hydrogen (secondary N) is 1. The van der Waals surface area contributed by atoms with Gasteiger partial charge in [0.15, 0.2) is 5.78 Å². The maximum absolute atomic E-state index is 14.8. The lowest BCUT2D eigenvalue weighted by Crippen LogP contribution is -2.47. The third kappa shape index (κ3) is 8.92. The molecule has 2 aliphatic heterocycles. The third-order valence-electron chi connectivity index (χ3n) is 13.5. The molecule has 0 radical (unpaired) electrons. The molecule has 61 heavy (non-hydrogen) atoms. The first kappa shape index (κ1) is 43.5. The second kappa shape index (κ2) is 16.5. The minimum absolute atomic E-state index is 0.0437. The van der Waals surface area contributed by atoms with Gasteiger partial charge in [-0.1, -0.05) is 37.5 Å². The van der Waals surface area contributed by atoms with E-state index in [9.17, 15) is 27.6 Å². The number of rotatable bonds is 10. The van der Waals surface area contributed by atoms with Crippen LogP contribution in [0.25, 0.3) is 21.6 Å². The summed E-state index contributed by atoms with van der Waals surface area (Å²) < 4.78 is 42.5. The minimum Gasteiger partial charge on any atom is -0.460 e. The minimum atomic E-state index is -3.95. The molecular weight excluding hydrogens is 815 g/mol. The molecule has 0 bridgehead atoms. The fourth-order valence-electron chi connectivity index (χ4n) is 9.31. The first-order chi connectivity index (χ1) is 28.9. The topological polar surface area (TPSA) is 167 Å². The molecule has 2 amide bonds. The van der Waals surface area contributed by atoms with E-state index in [0.717, 1.165) is 59.4 Å². The first-order valence-electron chi connectivity index (χ1n) is 22.3. The molecule has 0 spiro atoms. The summed E-state index contributed by atoms with van der Waals surface area (Å²) in [5.41, 5.74) is 1.69. The summed E-state index contributed by atoms with van der Waals surface area (Å²) in [4.78, 5) is 68.6. The number of imidazole rings is 1. The molecule has 13 nitrogen and oxygen atoms in total. The van der Waals surface area contributed by atoms with E-state index in [-0.39, 0.29) is 49.5 Å². The van der Waals surface area contributed by atoms with E-state index in [4.69, 9.17) is 19.4 Å². The molecule has 8 rings (SSSR count). The number of ketones is 1. The SMILES string of the molecule is CC(C)n1c(O[C@@H]2C[C@H]3C(=O)C[C@]4(C(=O)NS(=O)(=O)C5(C)CC5)C[C@@H]4/C=C\CCCCC[C@H](CC(=O)OC(C)(C)C)C(=O)N3C2)nc2c(-c3nc(C4CCC4)cs3)cccc21. The van der Waals surface area contributed by atoms with E-state index in [0.29, 0.717) is 44.0 Å². The second-order valence-corrected chi connectivity index (χ2v) is 22.8. The van der Waals surface area contributed by atoms with Gasteiger partial charge in [-0.2, -0.15) is 4.98 Å². The van der Waals surface area contributed by atoms with Crippen molar-refractivity contribution in [2.24, 2.45) is 17.3 Å². The molecule has 3 saturated carbocycles. The van der Waals surface area contributed by atoms with Crippen molar-refractivity contribution in [3.8, 4) is 16.6 Å². The molecule has 15 heteroatoms. The van der Waals surface area contributed by atoms with Crippen LogP contribution in [-0.2, 0) is 33.9 Å². The highest BCUT2D eigenvalue weighted by Gasteiger charge is 2.62. The fraction of sp³-hybridized carbons (Fsp3) is 0.652. The van der Waals surface area contributed by atoms with Crippen LogP contribution in [0.3, 0.4) is 0 Å². The lowest BCUT2D eigenvalue weighted by molar-refractivity contribution is -0.159. The number of Topliss-reactive ketones (excluding diaryl/α,β-unsaturated/α-hetero) is 1. The Bertz CT molecular complexity index is 2330. The Hall–Kier alpha value is -4.11. The summed E-state index contributed by atoms with van der Waals surface area (Å²) in [5, 5.41) is 3.05. The third-order valence-corrected chi connectivity index (χ3v) is 16.6. The number of para-hydroxylation sites is 1. The number of thiazole rings is 1. The summed E-state index contributed by atoms with van der Waals surface area (Å²) >= 11 is 1.62. The zero-order chi connectivity index (χ0) is 43.5. The molecule has 3 aromatic rings. The number of carbonyl (C=O) groups excluding carboxylic acids is 4. The van der Waals surface area contributed by atoms with Crippen LogP contribution in [0, 0.1) is 17.3 Å².